The van der Waals surface area contributed by atoms with E-state index in [1.54, 1.807) is 11.1 Å². The Morgan fingerprint density at radius 2 is 2.19 bits per heavy atom. The minimum Gasteiger partial charge on any atom is -0.394 e. The van der Waals surface area contributed by atoms with Gasteiger partial charge in [-0.25, -0.2) is 0 Å². The Kier molecular flexibility index (Phi) is 3.53. The van der Waals surface area contributed by atoms with Crippen LogP contribution in [0.4, 0.5) is 0 Å². The van der Waals surface area contributed by atoms with Gasteiger partial charge in [-0.2, -0.15) is 0 Å². The first-order valence-electron chi connectivity index (χ1n) is 6.98. The topological polar surface area (TPSA) is 94.2 Å². The molecule has 3 aliphatic heterocycles. The van der Waals surface area contributed by atoms with Gasteiger partial charge in [-0.15, -0.1) is 0 Å². The number of hydrogen-bond donors (Lipinski definition) is 2. The van der Waals surface area contributed by atoms with Gasteiger partial charge in [-0.3, -0.25) is 4.79 Å². The van der Waals surface area contributed by atoms with E-state index in [1.807, 2.05) is 26.1 Å². The summed E-state index contributed by atoms with van der Waals surface area (Å²) in [6.07, 6.45) is 4.23. The van der Waals surface area contributed by atoms with Gasteiger partial charge in [0.1, 0.15) is 18.3 Å². The van der Waals surface area contributed by atoms with Crippen LogP contribution in [0.1, 0.15) is 20.3 Å². The van der Waals surface area contributed by atoms with E-state index in [2.05, 4.69) is 0 Å². The second-order valence-electron chi connectivity index (χ2n) is 5.87. The van der Waals surface area contributed by atoms with Gasteiger partial charge >= 0.3 is 0 Å². The molecule has 2 fully saturated rings. The molecule has 7 heteroatoms. The number of amides is 1. The zero-order valence-corrected chi connectivity index (χ0v) is 12.1. The Morgan fingerprint density at radius 3 is 2.86 bits per heavy atom. The molecule has 0 aromatic carbocycles. The summed E-state index contributed by atoms with van der Waals surface area (Å²) in [5.74, 6) is -1.18. The lowest BCUT2D eigenvalue weighted by molar-refractivity contribution is -0.201. The maximum atomic E-state index is 11.3. The largest absolute Gasteiger partial charge is 0.394 e. The van der Waals surface area contributed by atoms with Gasteiger partial charge in [0.05, 0.1) is 6.61 Å². The Hall–Kier alpha value is -1.41. The van der Waals surface area contributed by atoms with Crippen molar-refractivity contribution in [3.8, 4) is 0 Å². The van der Waals surface area contributed by atoms with Crippen LogP contribution in [0.25, 0.3) is 0 Å². The van der Waals surface area contributed by atoms with Crippen molar-refractivity contribution in [3.63, 3.8) is 0 Å². The molecule has 0 spiro atoms. The minimum atomic E-state index is -0.722. The summed E-state index contributed by atoms with van der Waals surface area (Å²) in [5, 5.41) is 9.45. The number of fused-ring (bicyclic) bond motifs is 1. The van der Waals surface area contributed by atoms with Crippen LogP contribution in [0.2, 0.25) is 0 Å². The van der Waals surface area contributed by atoms with Crippen molar-refractivity contribution in [2.75, 3.05) is 6.61 Å². The number of hydrogen-bond acceptors (Lipinski definition) is 6. The Bertz CT molecular complexity index is 502. The standard InChI is InChI=1S/C14H20N2O5/c1-14(2)20-10-9(7-17)19-13(11(10)21-14)16-5-3-4-8(6-16)12(15)18/h3,5-6,9-11,13,17H,4,7H2,1-2H3,(H2,15,18)/t9?,10-,11?,13-/m1/s1. The first kappa shape index (κ1) is 14.5. The molecule has 0 aromatic rings. The quantitative estimate of drug-likeness (QED) is 0.750. The number of carbonyl (C=O) groups is 1. The molecule has 3 rings (SSSR count). The van der Waals surface area contributed by atoms with Gasteiger partial charge in [0.15, 0.2) is 12.0 Å². The Labute approximate surface area is 122 Å². The molecule has 0 bridgehead atoms. The average molecular weight is 296 g/mol. The molecule has 3 heterocycles. The summed E-state index contributed by atoms with van der Waals surface area (Å²) < 4.78 is 17.5. The molecule has 116 valence electrons. The van der Waals surface area contributed by atoms with Crippen LogP contribution in [-0.4, -0.2) is 52.8 Å². The number of rotatable bonds is 3. The fourth-order valence-corrected chi connectivity index (χ4v) is 2.95. The average Bonchev–Trinajstić information content (AvgIpc) is 2.91. The van der Waals surface area contributed by atoms with Gasteiger partial charge in [-0.1, -0.05) is 6.08 Å². The lowest BCUT2D eigenvalue weighted by atomic mass is 10.1. The Morgan fingerprint density at radius 1 is 1.48 bits per heavy atom. The highest BCUT2D eigenvalue weighted by Gasteiger charge is 2.56. The van der Waals surface area contributed by atoms with Crippen molar-refractivity contribution in [2.24, 2.45) is 5.73 Å². The summed E-state index contributed by atoms with van der Waals surface area (Å²) in [7, 11) is 0. The fourth-order valence-electron chi connectivity index (χ4n) is 2.95. The highest BCUT2D eigenvalue weighted by atomic mass is 16.8. The third-order valence-electron chi connectivity index (χ3n) is 3.84. The summed E-state index contributed by atoms with van der Waals surface area (Å²) in [6, 6.07) is 0. The lowest BCUT2D eigenvalue weighted by Gasteiger charge is -2.31. The SMILES string of the molecule is CC1(C)OC2[C@H](O1)C(CO)O[C@H]2N1C=CCC(C(N)=O)=C1. The summed E-state index contributed by atoms with van der Waals surface area (Å²) in [5.41, 5.74) is 5.83. The second-order valence-corrected chi connectivity index (χ2v) is 5.87. The maximum absolute atomic E-state index is 11.3. The van der Waals surface area contributed by atoms with Crippen LogP contribution >= 0.6 is 0 Å². The molecular formula is C14H20N2O5. The van der Waals surface area contributed by atoms with E-state index < -0.39 is 24.0 Å². The number of aliphatic hydroxyl groups is 1. The zero-order chi connectivity index (χ0) is 15.2. The van der Waals surface area contributed by atoms with Gasteiger partial charge in [0.2, 0.25) is 5.91 Å². The third kappa shape index (κ3) is 2.57. The van der Waals surface area contributed by atoms with E-state index in [1.165, 1.54) is 0 Å². The zero-order valence-electron chi connectivity index (χ0n) is 12.1. The van der Waals surface area contributed by atoms with Gasteiger partial charge < -0.3 is 30.0 Å². The molecule has 1 amide bonds. The number of carbonyl (C=O) groups excluding carboxylic acids is 1. The molecular weight excluding hydrogens is 276 g/mol. The van der Waals surface area contributed by atoms with E-state index in [4.69, 9.17) is 19.9 Å². The van der Waals surface area contributed by atoms with Crippen LogP contribution in [-0.2, 0) is 19.0 Å². The minimum absolute atomic E-state index is 0.152. The Balaban J connectivity index is 1.84. The number of primary amides is 1. The van der Waals surface area contributed by atoms with E-state index in [9.17, 15) is 9.90 Å². The van der Waals surface area contributed by atoms with Crippen molar-refractivity contribution < 1.29 is 24.1 Å². The second kappa shape index (κ2) is 5.10. The normalized spacial score (nSPS) is 37.5. The number of allylic oxidation sites excluding steroid dienone is 1. The van der Waals surface area contributed by atoms with E-state index in [0.29, 0.717) is 12.0 Å². The van der Waals surface area contributed by atoms with Crippen molar-refractivity contribution in [2.45, 2.75) is 50.6 Å². The van der Waals surface area contributed by atoms with Crippen molar-refractivity contribution in [1.29, 1.82) is 0 Å². The lowest BCUT2D eigenvalue weighted by Crippen LogP contribution is -2.40. The predicted molar refractivity (Wildman–Crippen MR) is 72.4 cm³/mol. The number of nitrogens with zero attached hydrogens (tertiary/aromatic N) is 1. The van der Waals surface area contributed by atoms with Crippen LogP contribution in [0.3, 0.4) is 0 Å². The van der Waals surface area contributed by atoms with E-state index in [-0.39, 0.29) is 18.8 Å². The van der Waals surface area contributed by atoms with Crippen molar-refractivity contribution in [1.82, 2.24) is 4.90 Å². The molecule has 3 N–H and O–H groups in total. The number of nitrogens with two attached hydrogens (primary N) is 1. The van der Waals surface area contributed by atoms with Crippen LogP contribution < -0.4 is 5.73 Å². The van der Waals surface area contributed by atoms with Crippen LogP contribution in [0, 0.1) is 0 Å². The summed E-state index contributed by atoms with van der Waals surface area (Å²) in [6.45, 7) is 3.50. The number of aliphatic hydroxyl groups excluding tert-OH is 1. The van der Waals surface area contributed by atoms with Gasteiger partial charge in [0, 0.05) is 18.0 Å². The predicted octanol–water partition coefficient (Wildman–Crippen LogP) is -0.188. The van der Waals surface area contributed by atoms with Crippen LogP contribution in [0.5, 0.6) is 0 Å². The third-order valence-corrected chi connectivity index (χ3v) is 3.84. The fraction of sp³-hybridized carbons (Fsp3) is 0.643. The monoisotopic (exact) mass is 296 g/mol. The molecule has 2 saturated heterocycles. The van der Waals surface area contributed by atoms with Crippen molar-refractivity contribution in [3.05, 3.63) is 24.0 Å². The molecule has 2 unspecified atom stereocenters. The molecule has 0 aliphatic carbocycles. The molecule has 3 aliphatic rings. The smallest absolute Gasteiger partial charge is 0.246 e. The molecule has 21 heavy (non-hydrogen) atoms. The first-order valence-corrected chi connectivity index (χ1v) is 6.98. The van der Waals surface area contributed by atoms with Gasteiger partial charge in [-0.05, 0) is 20.3 Å². The first-order chi connectivity index (χ1) is 9.91. The van der Waals surface area contributed by atoms with Crippen LogP contribution in [0.15, 0.2) is 24.0 Å². The van der Waals surface area contributed by atoms with E-state index in [0.717, 1.165) is 0 Å². The van der Waals surface area contributed by atoms with E-state index >= 15 is 0 Å². The highest BCUT2D eigenvalue weighted by molar-refractivity contribution is 5.92. The van der Waals surface area contributed by atoms with Gasteiger partial charge in [0.25, 0.3) is 0 Å². The molecule has 7 nitrogen and oxygen atoms in total. The molecule has 4 atom stereocenters. The van der Waals surface area contributed by atoms with Crippen molar-refractivity contribution >= 4 is 5.91 Å². The maximum Gasteiger partial charge on any atom is 0.246 e. The molecule has 0 saturated carbocycles. The summed E-state index contributed by atoms with van der Waals surface area (Å²) in [4.78, 5) is 13.1. The molecule has 0 aromatic heterocycles. The molecule has 0 radical (unpaired) electrons. The highest BCUT2D eigenvalue weighted by Crippen LogP contribution is 2.40. The number of ether oxygens (including phenoxy) is 3. The summed E-state index contributed by atoms with van der Waals surface area (Å²) >= 11 is 0.